The van der Waals surface area contributed by atoms with E-state index in [0.29, 0.717) is 6.04 Å². The molecule has 0 aliphatic rings. The standard InChI is InChI=1S/C11H20N2S2/c1-4-12-10(8-14-5-2)6-11-13-9(3)7-15-11/h7,10,12H,4-6,8H2,1-3H3. The third-order valence-corrected chi connectivity index (χ3v) is 4.14. The van der Waals surface area contributed by atoms with E-state index in [1.54, 1.807) is 11.3 Å². The van der Waals surface area contributed by atoms with Gasteiger partial charge in [0.25, 0.3) is 0 Å². The second kappa shape index (κ2) is 7.25. The van der Waals surface area contributed by atoms with Gasteiger partial charge in [0.2, 0.25) is 0 Å². The maximum atomic E-state index is 4.51. The van der Waals surface area contributed by atoms with Crippen molar-refractivity contribution in [2.75, 3.05) is 18.1 Å². The van der Waals surface area contributed by atoms with Crippen molar-refractivity contribution in [3.05, 3.63) is 16.1 Å². The highest BCUT2D eigenvalue weighted by atomic mass is 32.2. The summed E-state index contributed by atoms with van der Waals surface area (Å²) in [6, 6.07) is 0.575. The zero-order valence-corrected chi connectivity index (χ0v) is 11.4. The van der Waals surface area contributed by atoms with E-state index in [0.717, 1.165) is 18.7 Å². The van der Waals surface area contributed by atoms with Crippen molar-refractivity contribution < 1.29 is 0 Å². The van der Waals surface area contributed by atoms with Crippen LogP contribution >= 0.6 is 23.1 Å². The molecule has 4 heteroatoms. The Hall–Kier alpha value is -0.0600. The number of hydrogen-bond donors (Lipinski definition) is 1. The predicted molar refractivity (Wildman–Crippen MR) is 71.0 cm³/mol. The average Bonchev–Trinajstić information content (AvgIpc) is 2.61. The Kier molecular flexibility index (Phi) is 6.29. The zero-order valence-electron chi connectivity index (χ0n) is 9.75. The maximum Gasteiger partial charge on any atom is 0.0943 e. The van der Waals surface area contributed by atoms with E-state index >= 15 is 0 Å². The summed E-state index contributed by atoms with van der Waals surface area (Å²) in [4.78, 5) is 4.51. The van der Waals surface area contributed by atoms with Crippen LogP contribution in [0.4, 0.5) is 0 Å². The summed E-state index contributed by atoms with van der Waals surface area (Å²) in [6.07, 6.45) is 1.07. The Balaban J connectivity index is 2.42. The van der Waals surface area contributed by atoms with Crippen LogP contribution in [-0.4, -0.2) is 29.1 Å². The fraction of sp³-hybridized carbons (Fsp3) is 0.727. The second-order valence-corrected chi connectivity index (χ2v) is 5.76. The van der Waals surface area contributed by atoms with Crippen molar-refractivity contribution in [3.63, 3.8) is 0 Å². The van der Waals surface area contributed by atoms with Gasteiger partial charge in [-0.25, -0.2) is 4.98 Å². The average molecular weight is 244 g/mol. The molecule has 86 valence electrons. The highest BCUT2D eigenvalue weighted by Gasteiger charge is 2.10. The molecule has 0 saturated carbocycles. The molecule has 0 aromatic carbocycles. The summed E-state index contributed by atoms with van der Waals surface area (Å²) in [7, 11) is 0. The number of thioether (sulfide) groups is 1. The van der Waals surface area contributed by atoms with E-state index in [1.807, 2.05) is 11.8 Å². The Morgan fingerprint density at radius 1 is 1.53 bits per heavy atom. The number of likely N-dealkylation sites (N-methyl/N-ethyl adjacent to an activating group) is 1. The molecule has 0 saturated heterocycles. The zero-order chi connectivity index (χ0) is 11.1. The van der Waals surface area contributed by atoms with E-state index in [1.165, 1.54) is 16.5 Å². The summed E-state index contributed by atoms with van der Waals surface area (Å²) >= 11 is 3.77. The van der Waals surface area contributed by atoms with Gasteiger partial charge in [-0.3, -0.25) is 0 Å². The van der Waals surface area contributed by atoms with Gasteiger partial charge in [-0.1, -0.05) is 13.8 Å². The van der Waals surface area contributed by atoms with Crippen LogP contribution in [0.1, 0.15) is 24.5 Å². The van der Waals surface area contributed by atoms with E-state index in [2.05, 4.69) is 36.5 Å². The van der Waals surface area contributed by atoms with Crippen LogP contribution in [-0.2, 0) is 6.42 Å². The molecule has 0 bridgehead atoms. The summed E-state index contributed by atoms with van der Waals surface area (Å²) in [5, 5.41) is 6.91. The number of nitrogens with zero attached hydrogens (tertiary/aromatic N) is 1. The van der Waals surface area contributed by atoms with Gasteiger partial charge >= 0.3 is 0 Å². The lowest BCUT2D eigenvalue weighted by atomic mass is 10.2. The van der Waals surface area contributed by atoms with Gasteiger partial charge in [-0.2, -0.15) is 11.8 Å². The molecule has 2 nitrogen and oxygen atoms in total. The van der Waals surface area contributed by atoms with E-state index in [-0.39, 0.29) is 0 Å². The fourth-order valence-electron chi connectivity index (χ4n) is 1.45. The lowest BCUT2D eigenvalue weighted by Gasteiger charge is -2.15. The third kappa shape index (κ3) is 5.00. The Morgan fingerprint density at radius 3 is 2.87 bits per heavy atom. The monoisotopic (exact) mass is 244 g/mol. The van der Waals surface area contributed by atoms with Gasteiger partial charge in [0.15, 0.2) is 0 Å². The molecule has 0 fully saturated rings. The molecule has 1 rings (SSSR count). The van der Waals surface area contributed by atoms with Gasteiger partial charge < -0.3 is 5.32 Å². The number of thiazole rings is 1. The van der Waals surface area contributed by atoms with Crippen molar-refractivity contribution in [3.8, 4) is 0 Å². The first-order valence-electron chi connectivity index (χ1n) is 5.48. The molecule has 1 aromatic heterocycles. The maximum absolute atomic E-state index is 4.51. The smallest absolute Gasteiger partial charge is 0.0943 e. The van der Waals surface area contributed by atoms with Crippen molar-refractivity contribution in [1.82, 2.24) is 10.3 Å². The number of nitrogens with one attached hydrogen (secondary N) is 1. The lowest BCUT2D eigenvalue weighted by molar-refractivity contribution is 0.571. The molecule has 0 spiro atoms. The first kappa shape index (κ1) is 13.0. The van der Waals surface area contributed by atoms with Gasteiger partial charge in [-0.15, -0.1) is 11.3 Å². The van der Waals surface area contributed by atoms with Crippen LogP contribution in [0.5, 0.6) is 0 Å². The summed E-state index contributed by atoms with van der Waals surface area (Å²) in [5.74, 6) is 2.38. The Morgan fingerprint density at radius 2 is 2.33 bits per heavy atom. The van der Waals surface area contributed by atoms with Crippen LogP contribution in [0.25, 0.3) is 0 Å². The number of aromatic nitrogens is 1. The van der Waals surface area contributed by atoms with Gasteiger partial charge in [0.1, 0.15) is 0 Å². The van der Waals surface area contributed by atoms with Crippen LogP contribution in [0.2, 0.25) is 0 Å². The highest BCUT2D eigenvalue weighted by Crippen LogP contribution is 2.13. The van der Waals surface area contributed by atoms with Crippen LogP contribution in [0.15, 0.2) is 5.38 Å². The molecule has 1 heterocycles. The normalized spacial score (nSPS) is 13.0. The lowest BCUT2D eigenvalue weighted by Crippen LogP contribution is -2.33. The first-order chi connectivity index (χ1) is 7.26. The highest BCUT2D eigenvalue weighted by molar-refractivity contribution is 7.99. The van der Waals surface area contributed by atoms with Crippen molar-refractivity contribution in [2.24, 2.45) is 0 Å². The molecule has 0 aliphatic heterocycles. The number of rotatable bonds is 7. The number of hydrogen-bond acceptors (Lipinski definition) is 4. The van der Waals surface area contributed by atoms with Crippen LogP contribution in [0.3, 0.4) is 0 Å². The summed E-state index contributed by atoms with van der Waals surface area (Å²) in [5.41, 5.74) is 1.15. The molecule has 1 aromatic rings. The number of aryl methyl sites for hydroxylation is 1. The fourth-order valence-corrected chi connectivity index (χ4v) is 3.06. The molecular weight excluding hydrogens is 224 g/mol. The second-order valence-electron chi connectivity index (χ2n) is 3.50. The topological polar surface area (TPSA) is 24.9 Å². The van der Waals surface area contributed by atoms with Crippen molar-refractivity contribution >= 4 is 23.1 Å². The molecule has 1 atom stereocenters. The quantitative estimate of drug-likeness (QED) is 0.798. The van der Waals surface area contributed by atoms with Gasteiger partial charge in [0, 0.05) is 29.3 Å². The SMILES string of the molecule is CCNC(CSCC)Cc1nc(C)cs1. The third-order valence-electron chi connectivity index (χ3n) is 2.10. The van der Waals surface area contributed by atoms with E-state index in [9.17, 15) is 0 Å². The summed E-state index contributed by atoms with van der Waals surface area (Å²) < 4.78 is 0. The minimum atomic E-state index is 0.575. The summed E-state index contributed by atoms with van der Waals surface area (Å²) in [6.45, 7) is 7.47. The molecular formula is C11H20N2S2. The van der Waals surface area contributed by atoms with E-state index in [4.69, 9.17) is 0 Å². The van der Waals surface area contributed by atoms with Gasteiger partial charge in [-0.05, 0) is 19.2 Å². The minimum absolute atomic E-state index is 0.575. The van der Waals surface area contributed by atoms with Crippen molar-refractivity contribution in [1.29, 1.82) is 0 Å². The van der Waals surface area contributed by atoms with Crippen molar-refractivity contribution in [2.45, 2.75) is 33.2 Å². The molecule has 1 unspecified atom stereocenters. The predicted octanol–water partition coefficient (Wildman–Crippen LogP) is 2.73. The van der Waals surface area contributed by atoms with Crippen LogP contribution in [0, 0.1) is 6.92 Å². The molecule has 0 aliphatic carbocycles. The van der Waals surface area contributed by atoms with E-state index < -0.39 is 0 Å². The minimum Gasteiger partial charge on any atom is -0.313 e. The molecule has 15 heavy (non-hydrogen) atoms. The Bertz CT molecular complexity index is 273. The van der Waals surface area contributed by atoms with Crippen LogP contribution < -0.4 is 5.32 Å². The van der Waals surface area contributed by atoms with Gasteiger partial charge in [0.05, 0.1) is 5.01 Å². The molecule has 1 N–H and O–H groups in total. The Labute approximate surface area is 101 Å². The molecule has 0 radical (unpaired) electrons. The first-order valence-corrected chi connectivity index (χ1v) is 7.51. The largest absolute Gasteiger partial charge is 0.313 e. The molecule has 0 amide bonds.